The Labute approximate surface area is 131 Å². The molecule has 1 amide bonds. The van der Waals surface area contributed by atoms with Crippen LogP contribution in [0.4, 0.5) is 9.18 Å². The van der Waals surface area contributed by atoms with Crippen LogP contribution in [0, 0.1) is 0 Å². The van der Waals surface area contributed by atoms with Gasteiger partial charge in [0.1, 0.15) is 11.4 Å². The average molecular weight is 309 g/mol. The summed E-state index contributed by atoms with van der Waals surface area (Å²) in [5, 5.41) is 2.55. The standard InChI is InChI=1S/C17H24FNO3/c1-5-21-15-8-6-13(7-9-15)10-14(11-18)12-19-16(20)22-17(2,3)4/h6-9,11H,5,10,12H2,1-4H3,(H,19,20). The summed E-state index contributed by atoms with van der Waals surface area (Å²) in [4.78, 5) is 11.5. The molecular formula is C17H24FNO3. The van der Waals surface area contributed by atoms with Crippen LogP contribution < -0.4 is 10.1 Å². The van der Waals surface area contributed by atoms with E-state index in [0.717, 1.165) is 11.3 Å². The summed E-state index contributed by atoms with van der Waals surface area (Å²) < 4.78 is 23.4. The van der Waals surface area contributed by atoms with Crippen molar-refractivity contribution in [1.29, 1.82) is 0 Å². The minimum Gasteiger partial charge on any atom is -0.494 e. The van der Waals surface area contributed by atoms with Crippen LogP contribution in [0.5, 0.6) is 5.75 Å². The van der Waals surface area contributed by atoms with E-state index in [4.69, 9.17) is 9.47 Å². The number of rotatable bonds is 6. The van der Waals surface area contributed by atoms with Gasteiger partial charge in [0.05, 0.1) is 12.9 Å². The summed E-state index contributed by atoms with van der Waals surface area (Å²) in [6.07, 6.45) is 0.380. The highest BCUT2D eigenvalue weighted by Crippen LogP contribution is 2.15. The van der Waals surface area contributed by atoms with E-state index >= 15 is 0 Å². The molecule has 4 nitrogen and oxygen atoms in total. The minimum absolute atomic E-state index is 0.110. The smallest absolute Gasteiger partial charge is 0.407 e. The summed E-state index contributed by atoms with van der Waals surface area (Å²) in [6, 6.07) is 7.44. The van der Waals surface area contributed by atoms with Crippen LogP contribution in [0.15, 0.2) is 36.2 Å². The molecule has 22 heavy (non-hydrogen) atoms. The average Bonchev–Trinajstić information content (AvgIpc) is 2.43. The summed E-state index contributed by atoms with van der Waals surface area (Å²) in [5.41, 5.74) is 0.840. The van der Waals surface area contributed by atoms with E-state index in [1.165, 1.54) is 0 Å². The molecule has 0 saturated heterocycles. The highest BCUT2D eigenvalue weighted by atomic mass is 19.1. The first-order valence-corrected chi connectivity index (χ1v) is 7.30. The zero-order chi connectivity index (χ0) is 16.6. The molecule has 0 fully saturated rings. The fraction of sp³-hybridized carbons (Fsp3) is 0.471. The molecule has 0 aromatic heterocycles. The molecule has 0 saturated carbocycles. The lowest BCUT2D eigenvalue weighted by atomic mass is 10.1. The van der Waals surface area contributed by atoms with Gasteiger partial charge in [0.15, 0.2) is 0 Å². The van der Waals surface area contributed by atoms with E-state index in [9.17, 15) is 9.18 Å². The van der Waals surface area contributed by atoms with Crippen molar-refractivity contribution in [3.05, 3.63) is 41.7 Å². The van der Waals surface area contributed by atoms with Crippen LogP contribution in [-0.4, -0.2) is 24.8 Å². The summed E-state index contributed by atoms with van der Waals surface area (Å²) >= 11 is 0. The number of amides is 1. The number of hydrogen-bond donors (Lipinski definition) is 1. The maximum absolute atomic E-state index is 13.0. The monoisotopic (exact) mass is 309 g/mol. The Hall–Kier alpha value is -2.04. The molecule has 0 spiro atoms. The van der Waals surface area contributed by atoms with Gasteiger partial charge in [0.25, 0.3) is 0 Å². The maximum Gasteiger partial charge on any atom is 0.407 e. The first-order valence-electron chi connectivity index (χ1n) is 7.30. The maximum atomic E-state index is 13.0. The molecule has 1 rings (SSSR count). The summed E-state index contributed by atoms with van der Waals surface area (Å²) in [7, 11) is 0. The molecule has 0 atom stereocenters. The van der Waals surface area contributed by atoms with Crippen molar-refractivity contribution in [2.24, 2.45) is 0 Å². The van der Waals surface area contributed by atoms with E-state index in [2.05, 4.69) is 5.32 Å². The highest BCUT2D eigenvalue weighted by molar-refractivity contribution is 5.68. The molecule has 0 radical (unpaired) electrons. The number of benzene rings is 1. The predicted molar refractivity (Wildman–Crippen MR) is 84.7 cm³/mol. The van der Waals surface area contributed by atoms with Crippen molar-refractivity contribution in [3.8, 4) is 5.75 Å². The quantitative estimate of drug-likeness (QED) is 0.864. The van der Waals surface area contributed by atoms with Crippen molar-refractivity contribution < 1.29 is 18.7 Å². The van der Waals surface area contributed by atoms with Crippen LogP contribution in [0.3, 0.4) is 0 Å². The van der Waals surface area contributed by atoms with E-state index in [-0.39, 0.29) is 6.54 Å². The Kier molecular flexibility index (Phi) is 6.89. The Balaban J connectivity index is 2.50. The molecule has 1 aromatic carbocycles. The Morgan fingerprint density at radius 1 is 1.27 bits per heavy atom. The lowest BCUT2D eigenvalue weighted by Gasteiger charge is -2.20. The summed E-state index contributed by atoms with van der Waals surface area (Å²) in [6.45, 7) is 7.96. The number of carbonyl (C=O) groups is 1. The number of nitrogens with one attached hydrogen (secondary N) is 1. The van der Waals surface area contributed by atoms with E-state index in [1.54, 1.807) is 20.8 Å². The highest BCUT2D eigenvalue weighted by Gasteiger charge is 2.16. The van der Waals surface area contributed by atoms with Crippen LogP contribution in [-0.2, 0) is 11.2 Å². The van der Waals surface area contributed by atoms with Gasteiger partial charge in [-0.3, -0.25) is 0 Å². The van der Waals surface area contributed by atoms with Gasteiger partial charge in [0.2, 0.25) is 0 Å². The molecule has 0 bridgehead atoms. The van der Waals surface area contributed by atoms with Gasteiger partial charge >= 0.3 is 6.09 Å². The number of halogens is 1. The second-order valence-electron chi connectivity index (χ2n) is 5.88. The topological polar surface area (TPSA) is 47.6 Å². The molecule has 0 aliphatic carbocycles. The largest absolute Gasteiger partial charge is 0.494 e. The van der Waals surface area contributed by atoms with Gasteiger partial charge in [0, 0.05) is 6.54 Å². The third-order valence-electron chi connectivity index (χ3n) is 2.68. The number of alkyl carbamates (subject to hydrolysis) is 1. The van der Waals surface area contributed by atoms with Crippen LogP contribution in [0.2, 0.25) is 0 Å². The Morgan fingerprint density at radius 2 is 1.91 bits per heavy atom. The number of carbonyl (C=O) groups excluding carboxylic acids is 1. The molecule has 5 heteroatoms. The van der Waals surface area contributed by atoms with Gasteiger partial charge in [-0.25, -0.2) is 9.18 Å². The second kappa shape index (κ2) is 8.41. The fourth-order valence-corrected chi connectivity index (χ4v) is 1.77. The Morgan fingerprint density at radius 3 is 2.41 bits per heavy atom. The van der Waals surface area contributed by atoms with E-state index < -0.39 is 11.7 Å². The van der Waals surface area contributed by atoms with E-state index in [0.29, 0.717) is 24.9 Å². The Bertz CT molecular complexity index is 504. The van der Waals surface area contributed by atoms with Crippen molar-refractivity contribution in [2.45, 2.75) is 39.7 Å². The molecule has 0 heterocycles. The molecule has 0 unspecified atom stereocenters. The van der Waals surface area contributed by atoms with Crippen LogP contribution >= 0.6 is 0 Å². The normalized spacial score (nSPS) is 12.0. The molecule has 1 aromatic rings. The second-order valence-corrected chi connectivity index (χ2v) is 5.88. The minimum atomic E-state index is -0.571. The first-order chi connectivity index (χ1) is 10.3. The third kappa shape index (κ3) is 7.11. The first kappa shape index (κ1) is 18.0. The third-order valence-corrected chi connectivity index (χ3v) is 2.68. The van der Waals surface area contributed by atoms with Gasteiger partial charge in [-0.1, -0.05) is 12.1 Å². The number of hydrogen-bond acceptors (Lipinski definition) is 3. The van der Waals surface area contributed by atoms with Gasteiger partial charge in [-0.05, 0) is 57.4 Å². The summed E-state index contributed by atoms with van der Waals surface area (Å²) in [5.74, 6) is 0.781. The zero-order valence-corrected chi connectivity index (χ0v) is 13.6. The van der Waals surface area contributed by atoms with Crippen molar-refractivity contribution in [3.63, 3.8) is 0 Å². The van der Waals surface area contributed by atoms with E-state index in [1.807, 2.05) is 31.2 Å². The van der Waals surface area contributed by atoms with Gasteiger partial charge in [-0.2, -0.15) is 0 Å². The van der Waals surface area contributed by atoms with Crippen LogP contribution in [0.1, 0.15) is 33.3 Å². The van der Waals surface area contributed by atoms with Gasteiger partial charge in [-0.15, -0.1) is 0 Å². The fourth-order valence-electron chi connectivity index (χ4n) is 1.77. The SMILES string of the molecule is CCOc1ccc(CC(=CF)CNC(=O)OC(C)(C)C)cc1. The molecule has 0 aliphatic rings. The lowest BCUT2D eigenvalue weighted by molar-refractivity contribution is 0.0532. The number of ether oxygens (including phenoxy) is 2. The molecule has 0 aliphatic heterocycles. The lowest BCUT2D eigenvalue weighted by Crippen LogP contribution is -2.33. The van der Waals surface area contributed by atoms with Crippen LogP contribution in [0.25, 0.3) is 0 Å². The molecule has 1 N–H and O–H groups in total. The van der Waals surface area contributed by atoms with Crippen molar-refractivity contribution >= 4 is 6.09 Å². The van der Waals surface area contributed by atoms with Crippen molar-refractivity contribution in [2.75, 3.05) is 13.2 Å². The van der Waals surface area contributed by atoms with Gasteiger partial charge < -0.3 is 14.8 Å². The van der Waals surface area contributed by atoms with Crippen molar-refractivity contribution in [1.82, 2.24) is 5.32 Å². The predicted octanol–water partition coefficient (Wildman–Crippen LogP) is 4.01. The molecular weight excluding hydrogens is 285 g/mol. The zero-order valence-electron chi connectivity index (χ0n) is 13.6. The molecule has 122 valence electrons.